The van der Waals surface area contributed by atoms with Crippen LogP contribution in [0.15, 0.2) is 48.5 Å². The van der Waals surface area contributed by atoms with Crippen LogP contribution in [0.4, 0.5) is 13.2 Å². The minimum absolute atomic E-state index is 0.0546. The molecule has 0 bridgehead atoms. The second-order valence-electron chi connectivity index (χ2n) is 7.11. The first-order valence-electron chi connectivity index (χ1n) is 9.67. The van der Waals surface area contributed by atoms with E-state index < -0.39 is 11.7 Å². The number of hydrogen-bond acceptors (Lipinski definition) is 4. The highest BCUT2D eigenvalue weighted by Gasteiger charge is 2.30. The maximum atomic E-state index is 12.7. The summed E-state index contributed by atoms with van der Waals surface area (Å²) in [4.78, 5) is 28.0. The van der Waals surface area contributed by atoms with Crippen molar-refractivity contribution in [3.63, 3.8) is 0 Å². The highest BCUT2D eigenvalue weighted by Crippen LogP contribution is 2.29. The number of ketones is 1. The van der Waals surface area contributed by atoms with Gasteiger partial charge in [0.25, 0.3) is 5.91 Å². The average molecular weight is 420 g/mol. The molecular formula is C22H23F3N2O3. The molecule has 1 heterocycles. The minimum Gasteiger partial charge on any atom is -0.491 e. The second kappa shape index (κ2) is 9.30. The Morgan fingerprint density at radius 2 is 1.60 bits per heavy atom. The monoisotopic (exact) mass is 420 g/mol. The van der Waals surface area contributed by atoms with Crippen LogP contribution < -0.4 is 4.74 Å². The van der Waals surface area contributed by atoms with Crippen molar-refractivity contribution in [3.05, 3.63) is 65.2 Å². The zero-order valence-corrected chi connectivity index (χ0v) is 16.6. The van der Waals surface area contributed by atoms with Gasteiger partial charge in [-0.1, -0.05) is 12.1 Å². The van der Waals surface area contributed by atoms with E-state index in [1.807, 2.05) is 6.07 Å². The third kappa shape index (κ3) is 5.38. The molecule has 160 valence electrons. The number of piperazine rings is 1. The number of halogens is 3. The number of ether oxygens (including phenoxy) is 1. The van der Waals surface area contributed by atoms with E-state index in [0.29, 0.717) is 50.6 Å². The van der Waals surface area contributed by atoms with Gasteiger partial charge in [0.05, 0.1) is 11.1 Å². The normalized spacial score (nSPS) is 15.1. The van der Waals surface area contributed by atoms with Crippen molar-refractivity contribution in [2.45, 2.75) is 13.1 Å². The summed E-state index contributed by atoms with van der Waals surface area (Å²) in [5, 5.41) is 0. The highest BCUT2D eigenvalue weighted by molar-refractivity contribution is 5.96. The number of nitrogens with zero attached hydrogens (tertiary/aromatic N) is 2. The van der Waals surface area contributed by atoms with Crippen LogP contribution in [0.3, 0.4) is 0 Å². The molecule has 0 radical (unpaired) electrons. The van der Waals surface area contributed by atoms with Crippen LogP contribution in [0, 0.1) is 0 Å². The lowest BCUT2D eigenvalue weighted by atomic mass is 10.1. The van der Waals surface area contributed by atoms with Gasteiger partial charge in [-0.25, -0.2) is 0 Å². The largest absolute Gasteiger partial charge is 0.491 e. The van der Waals surface area contributed by atoms with Gasteiger partial charge in [-0.05, 0) is 43.3 Å². The molecule has 0 unspecified atom stereocenters. The summed E-state index contributed by atoms with van der Waals surface area (Å²) in [6.07, 6.45) is -4.42. The van der Waals surface area contributed by atoms with Crippen molar-refractivity contribution in [1.29, 1.82) is 0 Å². The first-order chi connectivity index (χ1) is 14.3. The molecule has 5 nitrogen and oxygen atoms in total. The Bertz CT molecular complexity index is 889. The summed E-state index contributed by atoms with van der Waals surface area (Å²) in [7, 11) is 0. The van der Waals surface area contributed by atoms with Crippen molar-refractivity contribution >= 4 is 11.7 Å². The zero-order chi connectivity index (χ0) is 21.7. The molecule has 8 heteroatoms. The highest BCUT2D eigenvalue weighted by atomic mass is 19.4. The Morgan fingerprint density at radius 1 is 0.967 bits per heavy atom. The molecule has 1 fully saturated rings. The minimum atomic E-state index is -4.42. The van der Waals surface area contributed by atoms with E-state index in [4.69, 9.17) is 4.74 Å². The molecule has 2 aromatic rings. The van der Waals surface area contributed by atoms with Crippen LogP contribution in [-0.2, 0) is 6.18 Å². The fourth-order valence-corrected chi connectivity index (χ4v) is 3.33. The predicted octanol–water partition coefficient (Wildman–Crippen LogP) is 3.74. The molecule has 2 aromatic carbocycles. The van der Waals surface area contributed by atoms with E-state index in [1.165, 1.54) is 19.1 Å². The molecule has 0 N–H and O–H groups in total. The van der Waals surface area contributed by atoms with E-state index in [-0.39, 0.29) is 17.3 Å². The number of alkyl halides is 3. The lowest BCUT2D eigenvalue weighted by Gasteiger charge is -2.34. The van der Waals surface area contributed by atoms with E-state index >= 15 is 0 Å². The Hall–Kier alpha value is -2.87. The molecule has 3 rings (SSSR count). The summed E-state index contributed by atoms with van der Waals surface area (Å²) in [5.74, 6) is 0.233. The third-order valence-electron chi connectivity index (χ3n) is 5.05. The van der Waals surface area contributed by atoms with Crippen molar-refractivity contribution in [1.82, 2.24) is 9.80 Å². The SMILES string of the molecule is CC(=O)c1ccccc1OCCN1CCN(C(=O)c2ccc(C(F)(F)F)cc2)CC1. The predicted molar refractivity (Wildman–Crippen MR) is 106 cm³/mol. The number of carbonyl (C=O) groups is 2. The molecule has 1 aliphatic heterocycles. The molecule has 0 aliphatic carbocycles. The van der Waals surface area contributed by atoms with Crippen LogP contribution in [-0.4, -0.2) is 60.8 Å². The van der Waals surface area contributed by atoms with Gasteiger partial charge in [-0.15, -0.1) is 0 Å². The number of Topliss-reactive ketones (excluding diaryl/α,β-unsaturated/α-hetero) is 1. The molecule has 30 heavy (non-hydrogen) atoms. The molecule has 0 atom stereocenters. The van der Waals surface area contributed by atoms with Crippen molar-refractivity contribution in [2.75, 3.05) is 39.3 Å². The average Bonchev–Trinajstić information content (AvgIpc) is 2.73. The lowest BCUT2D eigenvalue weighted by molar-refractivity contribution is -0.137. The van der Waals surface area contributed by atoms with Crippen LogP contribution in [0.1, 0.15) is 33.2 Å². The number of para-hydroxylation sites is 1. The van der Waals surface area contributed by atoms with E-state index in [9.17, 15) is 22.8 Å². The van der Waals surface area contributed by atoms with Gasteiger partial charge >= 0.3 is 6.18 Å². The number of carbonyl (C=O) groups excluding carboxylic acids is 2. The van der Waals surface area contributed by atoms with Crippen molar-refractivity contribution < 1.29 is 27.5 Å². The number of rotatable bonds is 6. The molecule has 1 saturated heterocycles. The summed E-state index contributed by atoms with van der Waals surface area (Å²) in [6.45, 7) is 4.82. The Labute approximate surface area is 173 Å². The number of hydrogen-bond donors (Lipinski definition) is 0. The molecule has 0 spiro atoms. The van der Waals surface area contributed by atoms with Gasteiger partial charge in [0.1, 0.15) is 12.4 Å². The molecule has 0 saturated carbocycles. The Morgan fingerprint density at radius 3 is 2.20 bits per heavy atom. The fourth-order valence-electron chi connectivity index (χ4n) is 3.33. The van der Waals surface area contributed by atoms with Crippen molar-refractivity contribution in [3.8, 4) is 5.75 Å². The first kappa shape index (κ1) is 21.8. The van der Waals surface area contributed by atoms with Gasteiger partial charge in [0.15, 0.2) is 5.78 Å². The van der Waals surface area contributed by atoms with E-state index in [0.717, 1.165) is 12.1 Å². The van der Waals surface area contributed by atoms with Crippen LogP contribution >= 0.6 is 0 Å². The third-order valence-corrected chi connectivity index (χ3v) is 5.05. The molecular weight excluding hydrogens is 397 g/mol. The van der Waals surface area contributed by atoms with Crippen molar-refractivity contribution in [2.24, 2.45) is 0 Å². The zero-order valence-electron chi connectivity index (χ0n) is 16.6. The molecule has 1 aliphatic rings. The second-order valence-corrected chi connectivity index (χ2v) is 7.11. The van der Waals surface area contributed by atoms with Crippen LogP contribution in [0.5, 0.6) is 5.75 Å². The number of amides is 1. The van der Waals surface area contributed by atoms with Gasteiger partial charge in [0, 0.05) is 38.3 Å². The topological polar surface area (TPSA) is 49.9 Å². The van der Waals surface area contributed by atoms with Crippen LogP contribution in [0.25, 0.3) is 0 Å². The number of benzene rings is 2. The first-order valence-corrected chi connectivity index (χ1v) is 9.67. The van der Waals surface area contributed by atoms with E-state index in [2.05, 4.69) is 4.90 Å². The summed E-state index contributed by atoms with van der Waals surface area (Å²) in [6, 6.07) is 11.4. The summed E-state index contributed by atoms with van der Waals surface area (Å²) < 4.78 is 43.7. The molecule has 0 aromatic heterocycles. The summed E-state index contributed by atoms with van der Waals surface area (Å²) in [5.41, 5.74) is 0.0281. The quantitative estimate of drug-likeness (QED) is 0.668. The van der Waals surface area contributed by atoms with Gasteiger partial charge in [-0.2, -0.15) is 13.2 Å². The van der Waals surface area contributed by atoms with E-state index in [1.54, 1.807) is 23.1 Å². The maximum Gasteiger partial charge on any atom is 0.416 e. The Kier molecular flexibility index (Phi) is 6.77. The lowest BCUT2D eigenvalue weighted by Crippen LogP contribution is -2.49. The standard InChI is InChI=1S/C22H23F3N2O3/c1-16(28)19-4-2-3-5-20(19)30-15-14-26-10-12-27(13-11-26)21(29)17-6-8-18(9-7-17)22(23,24)25/h2-9H,10-15H2,1H3. The van der Waals surface area contributed by atoms with Crippen LogP contribution in [0.2, 0.25) is 0 Å². The maximum absolute atomic E-state index is 12.7. The molecule has 1 amide bonds. The van der Waals surface area contributed by atoms with Gasteiger partial charge in [-0.3, -0.25) is 14.5 Å². The fraction of sp³-hybridized carbons (Fsp3) is 0.364. The summed E-state index contributed by atoms with van der Waals surface area (Å²) >= 11 is 0. The van der Waals surface area contributed by atoms with Gasteiger partial charge in [0.2, 0.25) is 0 Å². The Balaban J connectivity index is 1.47. The smallest absolute Gasteiger partial charge is 0.416 e. The van der Waals surface area contributed by atoms with Gasteiger partial charge < -0.3 is 9.64 Å².